The molecule has 7 nitrogen and oxygen atoms in total. The van der Waals surface area contributed by atoms with Crippen LogP contribution < -0.4 is 4.74 Å². The smallest absolute Gasteiger partial charge is 0.333 e. The van der Waals surface area contributed by atoms with Gasteiger partial charge in [-0.15, -0.1) is 0 Å². The molecule has 0 radical (unpaired) electrons. The molecule has 0 saturated carbocycles. The van der Waals surface area contributed by atoms with Crippen LogP contribution in [0.3, 0.4) is 0 Å². The maximum Gasteiger partial charge on any atom is 0.333 e. The lowest BCUT2D eigenvalue weighted by Crippen LogP contribution is -2.26. The highest BCUT2D eigenvalue weighted by molar-refractivity contribution is 5.72. The van der Waals surface area contributed by atoms with Crippen LogP contribution in [0.15, 0.2) is 83.4 Å². The summed E-state index contributed by atoms with van der Waals surface area (Å²) >= 11 is 0. The molecular weight excluding hydrogens is 436 g/mol. The van der Waals surface area contributed by atoms with Gasteiger partial charge < -0.3 is 28.8 Å². The zero-order valence-corrected chi connectivity index (χ0v) is 19.3. The number of aliphatic carboxylic acids is 1. The van der Waals surface area contributed by atoms with Crippen molar-refractivity contribution < 1.29 is 33.6 Å². The molecule has 0 amide bonds. The Morgan fingerprint density at radius 1 is 1.21 bits per heavy atom. The minimum atomic E-state index is -0.958. The summed E-state index contributed by atoms with van der Waals surface area (Å²) in [5, 5.41) is 9.24. The molecule has 2 aliphatic carbocycles. The Labute approximate surface area is 199 Å². The van der Waals surface area contributed by atoms with E-state index in [4.69, 9.17) is 23.7 Å². The highest BCUT2D eigenvalue weighted by Crippen LogP contribution is 2.36. The van der Waals surface area contributed by atoms with E-state index in [0.29, 0.717) is 32.0 Å². The molecule has 1 heterocycles. The highest BCUT2D eigenvalue weighted by Gasteiger charge is 2.28. The van der Waals surface area contributed by atoms with E-state index in [-0.39, 0.29) is 12.9 Å². The van der Waals surface area contributed by atoms with Crippen LogP contribution in [0.1, 0.15) is 25.3 Å². The van der Waals surface area contributed by atoms with Crippen molar-refractivity contribution in [2.24, 2.45) is 0 Å². The molecule has 0 bridgehead atoms. The first-order valence-electron chi connectivity index (χ1n) is 11.5. The van der Waals surface area contributed by atoms with Gasteiger partial charge in [0.1, 0.15) is 18.1 Å². The second-order valence-electron chi connectivity index (χ2n) is 8.03. The van der Waals surface area contributed by atoms with E-state index in [1.807, 2.05) is 36.4 Å². The molecule has 3 aliphatic rings. The molecule has 0 aromatic heterocycles. The van der Waals surface area contributed by atoms with Crippen LogP contribution in [0, 0.1) is 0 Å². The van der Waals surface area contributed by atoms with E-state index >= 15 is 0 Å². The molecule has 0 fully saturated rings. The van der Waals surface area contributed by atoms with E-state index < -0.39 is 12.1 Å². The zero-order chi connectivity index (χ0) is 23.8. The average Bonchev–Trinajstić information content (AvgIpc) is 2.84. The van der Waals surface area contributed by atoms with Crippen molar-refractivity contribution in [3.8, 4) is 5.75 Å². The number of allylic oxidation sites excluding steroid dienone is 5. The quantitative estimate of drug-likeness (QED) is 0.509. The second kappa shape index (κ2) is 11.7. The lowest BCUT2D eigenvalue weighted by atomic mass is 9.86. The van der Waals surface area contributed by atoms with Crippen molar-refractivity contribution in [2.75, 3.05) is 26.6 Å². The van der Waals surface area contributed by atoms with Crippen LogP contribution in [0.5, 0.6) is 5.75 Å². The molecule has 2 unspecified atom stereocenters. The molecular formula is C27H30O7. The topological polar surface area (TPSA) is 83.5 Å². The summed E-state index contributed by atoms with van der Waals surface area (Å²) in [5.74, 6) is 0.579. The first-order valence-corrected chi connectivity index (χ1v) is 11.5. The Hall–Kier alpha value is -3.29. The molecule has 2 atom stereocenters. The van der Waals surface area contributed by atoms with Gasteiger partial charge >= 0.3 is 5.97 Å². The summed E-state index contributed by atoms with van der Waals surface area (Å²) in [6.07, 6.45) is 12.9. The molecule has 1 aromatic rings. The molecule has 1 N–H and O–H groups in total. The van der Waals surface area contributed by atoms with E-state index in [1.165, 1.54) is 0 Å². The maximum absolute atomic E-state index is 11.3. The fourth-order valence-electron chi connectivity index (χ4n) is 4.18. The van der Waals surface area contributed by atoms with Gasteiger partial charge in [0.05, 0.1) is 19.0 Å². The van der Waals surface area contributed by atoms with Gasteiger partial charge in [-0.2, -0.15) is 0 Å². The SMILES string of the molecule is CCOC(Cc1ccc(OCCOC2CC=CC3=COCOC4=CC=CCC4=C32)cc1)C(=O)O. The zero-order valence-electron chi connectivity index (χ0n) is 19.3. The van der Waals surface area contributed by atoms with Crippen molar-refractivity contribution in [2.45, 2.75) is 38.4 Å². The number of fused-ring (bicyclic) bond motifs is 2. The monoisotopic (exact) mass is 466 g/mol. The largest absolute Gasteiger partial charge is 0.491 e. The fourth-order valence-corrected chi connectivity index (χ4v) is 4.18. The Bertz CT molecular complexity index is 1010. The molecule has 1 aromatic carbocycles. The third-order valence-corrected chi connectivity index (χ3v) is 5.76. The third kappa shape index (κ3) is 5.98. The van der Waals surface area contributed by atoms with Gasteiger partial charge in [-0.3, -0.25) is 0 Å². The molecule has 4 rings (SSSR count). The average molecular weight is 467 g/mol. The summed E-state index contributed by atoms with van der Waals surface area (Å²) in [6, 6.07) is 7.40. The van der Waals surface area contributed by atoms with E-state index in [0.717, 1.165) is 40.9 Å². The second-order valence-corrected chi connectivity index (χ2v) is 8.03. The summed E-state index contributed by atoms with van der Waals surface area (Å²) < 4.78 is 28.7. The first-order chi connectivity index (χ1) is 16.7. The van der Waals surface area contributed by atoms with Crippen molar-refractivity contribution in [1.82, 2.24) is 0 Å². The van der Waals surface area contributed by atoms with Gasteiger partial charge in [-0.25, -0.2) is 4.79 Å². The van der Waals surface area contributed by atoms with Crippen LogP contribution in [-0.2, 0) is 30.2 Å². The molecule has 7 heteroatoms. The van der Waals surface area contributed by atoms with Crippen molar-refractivity contribution in [3.05, 3.63) is 88.9 Å². The molecule has 1 aliphatic heterocycles. The maximum atomic E-state index is 11.3. The van der Waals surface area contributed by atoms with Crippen LogP contribution in [0.25, 0.3) is 0 Å². The Morgan fingerprint density at radius 2 is 2.06 bits per heavy atom. The Kier molecular flexibility index (Phi) is 8.22. The molecule has 180 valence electrons. The van der Waals surface area contributed by atoms with Crippen LogP contribution in [0.2, 0.25) is 0 Å². The minimum absolute atomic E-state index is 0.107. The van der Waals surface area contributed by atoms with Gasteiger partial charge in [-0.1, -0.05) is 36.4 Å². The molecule has 0 saturated heterocycles. The number of carbonyl (C=O) groups is 1. The van der Waals surface area contributed by atoms with Crippen LogP contribution >= 0.6 is 0 Å². The lowest BCUT2D eigenvalue weighted by molar-refractivity contribution is -0.149. The van der Waals surface area contributed by atoms with Gasteiger partial charge in [-0.05, 0) is 49.1 Å². The predicted molar refractivity (Wildman–Crippen MR) is 126 cm³/mol. The van der Waals surface area contributed by atoms with Crippen molar-refractivity contribution in [3.63, 3.8) is 0 Å². The van der Waals surface area contributed by atoms with Gasteiger partial charge in [0.25, 0.3) is 0 Å². The standard InChI is InChI=1S/C27H30O7/c1-2-31-25(27(28)29)16-19-10-12-21(13-11-19)32-14-15-33-24-9-5-6-20-17-30-18-34-23-8-4-3-7-22(23)26(20)24/h3-6,8,10-13,17,24-25H,2,7,9,14-16,18H2,1H3,(H,28,29). The van der Waals surface area contributed by atoms with Crippen LogP contribution in [0.4, 0.5) is 0 Å². The lowest BCUT2D eigenvalue weighted by Gasteiger charge is -2.30. The van der Waals surface area contributed by atoms with Gasteiger partial charge in [0, 0.05) is 24.2 Å². The number of carboxylic acids is 1. The van der Waals surface area contributed by atoms with E-state index in [1.54, 1.807) is 13.2 Å². The highest BCUT2D eigenvalue weighted by atomic mass is 16.7. The summed E-state index contributed by atoms with van der Waals surface area (Å²) in [5.41, 5.74) is 4.13. The normalized spacial score (nSPS) is 20.0. The minimum Gasteiger partial charge on any atom is -0.491 e. The Balaban J connectivity index is 1.33. The number of carboxylic acid groups (broad SMARTS) is 1. The first kappa shape index (κ1) is 23.9. The van der Waals surface area contributed by atoms with E-state index in [9.17, 15) is 9.90 Å². The number of ether oxygens (including phenoxy) is 5. The van der Waals surface area contributed by atoms with E-state index in [2.05, 4.69) is 18.2 Å². The van der Waals surface area contributed by atoms with Crippen LogP contribution in [-0.4, -0.2) is 49.9 Å². The molecule has 0 spiro atoms. The summed E-state index contributed by atoms with van der Waals surface area (Å²) in [4.78, 5) is 11.3. The predicted octanol–water partition coefficient (Wildman–Crippen LogP) is 4.47. The van der Waals surface area contributed by atoms with Gasteiger partial charge in [0.2, 0.25) is 6.79 Å². The summed E-state index contributed by atoms with van der Waals surface area (Å²) in [6.45, 7) is 3.15. The van der Waals surface area contributed by atoms with Crippen molar-refractivity contribution >= 4 is 5.97 Å². The fraction of sp³-hybridized carbons (Fsp3) is 0.370. The summed E-state index contributed by atoms with van der Waals surface area (Å²) in [7, 11) is 0. The number of rotatable bonds is 10. The molecule has 34 heavy (non-hydrogen) atoms. The third-order valence-electron chi connectivity index (χ3n) is 5.76. The number of benzene rings is 1. The van der Waals surface area contributed by atoms with Gasteiger partial charge in [0.15, 0.2) is 6.10 Å². The number of hydrogen-bond donors (Lipinski definition) is 1. The Morgan fingerprint density at radius 3 is 2.85 bits per heavy atom. The van der Waals surface area contributed by atoms with Crippen molar-refractivity contribution in [1.29, 1.82) is 0 Å². The number of hydrogen-bond acceptors (Lipinski definition) is 6.